The van der Waals surface area contributed by atoms with E-state index in [1.54, 1.807) is 30.4 Å². The number of nitrogens with one attached hydrogen (secondary N) is 3. The van der Waals surface area contributed by atoms with E-state index in [0.29, 0.717) is 23.3 Å². The summed E-state index contributed by atoms with van der Waals surface area (Å²) in [6, 6.07) is 13.7. The number of carbonyl (C=O) groups is 1. The maximum atomic E-state index is 13.0. The number of ether oxygens (including phenoxy) is 2. The van der Waals surface area contributed by atoms with E-state index >= 15 is 0 Å². The number of aromatic amines is 1. The van der Waals surface area contributed by atoms with Crippen LogP contribution in [0.15, 0.2) is 61.1 Å². The van der Waals surface area contributed by atoms with Gasteiger partial charge in [0.05, 0.1) is 31.3 Å². The number of nitrogens with zero attached hydrogens (tertiary/aromatic N) is 5. The smallest absolute Gasteiger partial charge is 0.257 e. The quantitative estimate of drug-likeness (QED) is 0.326. The second-order valence-electron chi connectivity index (χ2n) is 9.13. The van der Waals surface area contributed by atoms with Crippen LogP contribution in [0, 0.1) is 0 Å². The second kappa shape index (κ2) is 7.79. The van der Waals surface area contributed by atoms with Crippen LogP contribution < -0.4 is 20.1 Å². The fraction of sp³-hybridized carbons (Fsp3) is 0.192. The van der Waals surface area contributed by atoms with Crippen molar-refractivity contribution in [2.24, 2.45) is 0 Å². The van der Waals surface area contributed by atoms with Crippen molar-refractivity contribution in [3.63, 3.8) is 0 Å². The predicted molar refractivity (Wildman–Crippen MR) is 136 cm³/mol. The predicted octanol–water partition coefficient (Wildman–Crippen LogP) is 3.68. The Balaban J connectivity index is 1.20. The van der Waals surface area contributed by atoms with Gasteiger partial charge in [0.25, 0.3) is 5.88 Å². The van der Waals surface area contributed by atoms with Crippen LogP contribution in [0.4, 0.5) is 17.3 Å². The topological polar surface area (TPSA) is 132 Å². The molecule has 3 N–H and O–H groups in total. The third kappa shape index (κ3) is 3.17. The SMILES string of the molecule is COc1ccc2c(c1)[C@]1(C[C@H]1c1ccc3c(Nc4nc(-n5cccn5)cnc4OC)n[nH]c3c1)C(=O)N2. The summed E-state index contributed by atoms with van der Waals surface area (Å²) in [5, 5.41) is 18.9. The van der Waals surface area contributed by atoms with Gasteiger partial charge in [-0.2, -0.15) is 10.2 Å². The maximum Gasteiger partial charge on any atom is 0.257 e. The molecule has 0 bridgehead atoms. The first-order valence-corrected chi connectivity index (χ1v) is 11.8. The first kappa shape index (κ1) is 21.4. The highest BCUT2D eigenvalue weighted by atomic mass is 16.5. The third-order valence-electron chi connectivity index (χ3n) is 7.21. The van der Waals surface area contributed by atoms with Gasteiger partial charge in [-0.05, 0) is 53.9 Å². The van der Waals surface area contributed by atoms with Crippen molar-refractivity contribution in [3.05, 3.63) is 72.2 Å². The molecule has 1 spiro atoms. The lowest BCUT2D eigenvalue weighted by Crippen LogP contribution is -2.21. The molecule has 2 aliphatic rings. The third-order valence-corrected chi connectivity index (χ3v) is 7.21. The van der Waals surface area contributed by atoms with Gasteiger partial charge in [-0.1, -0.05) is 6.07 Å². The number of fused-ring (bicyclic) bond motifs is 3. The minimum atomic E-state index is -0.561. The van der Waals surface area contributed by atoms with E-state index in [0.717, 1.165) is 39.9 Å². The summed E-state index contributed by atoms with van der Waals surface area (Å²) in [7, 11) is 3.17. The zero-order valence-corrected chi connectivity index (χ0v) is 20.0. The summed E-state index contributed by atoms with van der Waals surface area (Å²) >= 11 is 0. The van der Waals surface area contributed by atoms with E-state index in [2.05, 4.69) is 48.0 Å². The van der Waals surface area contributed by atoms with Crippen molar-refractivity contribution in [3.8, 4) is 17.4 Å². The second-order valence-corrected chi connectivity index (χ2v) is 9.13. The van der Waals surface area contributed by atoms with E-state index < -0.39 is 5.41 Å². The number of methoxy groups -OCH3 is 2. The Morgan fingerprint density at radius 3 is 2.86 bits per heavy atom. The fourth-order valence-corrected chi connectivity index (χ4v) is 5.27. The van der Waals surface area contributed by atoms with Crippen LogP contribution in [0.2, 0.25) is 0 Å². The lowest BCUT2D eigenvalue weighted by Gasteiger charge is -2.11. The molecule has 0 unspecified atom stereocenters. The van der Waals surface area contributed by atoms with E-state index in [1.807, 2.05) is 30.3 Å². The molecule has 0 saturated heterocycles. The van der Waals surface area contributed by atoms with E-state index in [1.165, 1.54) is 7.11 Å². The Bertz CT molecular complexity index is 1680. The van der Waals surface area contributed by atoms with Crippen LogP contribution in [-0.4, -0.2) is 50.1 Å². The lowest BCUT2D eigenvalue weighted by molar-refractivity contribution is -0.118. The number of hydrogen-bond acceptors (Lipinski definition) is 8. The van der Waals surface area contributed by atoms with Gasteiger partial charge in [0.15, 0.2) is 17.5 Å². The summed E-state index contributed by atoms with van der Waals surface area (Å²) in [6.45, 7) is 0. The normalized spacial score (nSPS) is 19.6. The molecule has 4 heterocycles. The molecule has 1 amide bonds. The average Bonchev–Trinajstić information content (AvgIpc) is 3.20. The maximum absolute atomic E-state index is 13.0. The lowest BCUT2D eigenvalue weighted by atomic mass is 9.91. The van der Waals surface area contributed by atoms with Crippen LogP contribution in [0.5, 0.6) is 11.6 Å². The number of hydrogen-bond donors (Lipinski definition) is 3. The molecule has 7 rings (SSSR count). The molecule has 1 saturated carbocycles. The standard InChI is InChI=1S/C26H22N8O3/c1-36-15-5-7-19-17(11-15)26(25(35)29-19)12-18(26)14-4-6-16-20(10-14)32-33-22(16)31-23-24(37-2)27-13-21(30-23)34-9-3-8-28-34/h3-11,13,18H,12H2,1-2H3,(H,29,35)(H2,30,31,32,33)/t18-,26-/m0/s1. The number of benzene rings is 2. The zero-order chi connectivity index (χ0) is 25.1. The van der Waals surface area contributed by atoms with Crippen LogP contribution >= 0.6 is 0 Å². The van der Waals surface area contributed by atoms with Gasteiger partial charge < -0.3 is 20.1 Å². The summed E-state index contributed by atoms with van der Waals surface area (Å²) in [5.74, 6) is 2.74. The summed E-state index contributed by atoms with van der Waals surface area (Å²) in [6.07, 6.45) is 5.79. The highest BCUT2D eigenvalue weighted by Crippen LogP contribution is 2.65. The average molecular weight is 495 g/mol. The van der Waals surface area contributed by atoms with Crippen molar-refractivity contribution in [2.45, 2.75) is 17.8 Å². The molecule has 0 radical (unpaired) electrons. The van der Waals surface area contributed by atoms with Crippen LogP contribution in [0.1, 0.15) is 23.5 Å². The number of carbonyl (C=O) groups excluding carboxylic acids is 1. The molecule has 1 fully saturated rings. The number of H-pyrrole nitrogens is 1. The van der Waals surface area contributed by atoms with E-state index in [-0.39, 0.29) is 11.8 Å². The molecule has 37 heavy (non-hydrogen) atoms. The number of amides is 1. The minimum absolute atomic E-state index is 0.0375. The zero-order valence-electron chi connectivity index (χ0n) is 20.0. The summed E-state index contributed by atoms with van der Waals surface area (Å²) in [5.41, 5.74) is 3.22. The van der Waals surface area contributed by atoms with E-state index in [4.69, 9.17) is 9.47 Å². The van der Waals surface area contributed by atoms with Crippen LogP contribution in [0.25, 0.3) is 16.7 Å². The molecule has 2 atom stereocenters. The molecule has 1 aliphatic heterocycles. The van der Waals surface area contributed by atoms with Crippen molar-refractivity contribution >= 4 is 34.1 Å². The van der Waals surface area contributed by atoms with Gasteiger partial charge in [-0.3, -0.25) is 9.89 Å². The molecule has 2 aromatic carbocycles. The Kier molecular flexibility index (Phi) is 4.49. The van der Waals surface area contributed by atoms with Crippen molar-refractivity contribution in [2.75, 3.05) is 24.9 Å². The van der Waals surface area contributed by atoms with Gasteiger partial charge in [-0.25, -0.2) is 14.6 Å². The molecule has 11 heteroatoms. The summed E-state index contributed by atoms with van der Waals surface area (Å²) in [4.78, 5) is 22.0. The Morgan fingerprint density at radius 1 is 1.14 bits per heavy atom. The van der Waals surface area contributed by atoms with Gasteiger partial charge in [0, 0.05) is 29.4 Å². The molecule has 11 nitrogen and oxygen atoms in total. The van der Waals surface area contributed by atoms with Gasteiger partial charge in [-0.15, -0.1) is 0 Å². The highest BCUT2D eigenvalue weighted by Gasteiger charge is 2.65. The molecule has 1 aliphatic carbocycles. The minimum Gasteiger partial charge on any atom is -0.497 e. The Hall–Kier alpha value is -4.93. The fourth-order valence-electron chi connectivity index (χ4n) is 5.27. The van der Waals surface area contributed by atoms with Gasteiger partial charge >= 0.3 is 0 Å². The molecular weight excluding hydrogens is 472 g/mol. The first-order chi connectivity index (χ1) is 18.1. The largest absolute Gasteiger partial charge is 0.497 e. The number of rotatable bonds is 6. The van der Waals surface area contributed by atoms with Gasteiger partial charge in [0.2, 0.25) is 5.91 Å². The van der Waals surface area contributed by atoms with Crippen molar-refractivity contribution in [1.82, 2.24) is 29.9 Å². The summed E-state index contributed by atoms with van der Waals surface area (Å²) < 4.78 is 12.4. The first-order valence-electron chi connectivity index (χ1n) is 11.8. The van der Waals surface area contributed by atoms with E-state index in [9.17, 15) is 4.79 Å². The van der Waals surface area contributed by atoms with Crippen molar-refractivity contribution in [1.29, 1.82) is 0 Å². The number of aromatic nitrogens is 6. The van der Waals surface area contributed by atoms with Gasteiger partial charge in [0.1, 0.15) is 5.75 Å². The molecular formula is C26H22N8O3. The molecule has 3 aromatic heterocycles. The van der Waals surface area contributed by atoms with Crippen molar-refractivity contribution < 1.29 is 14.3 Å². The highest BCUT2D eigenvalue weighted by molar-refractivity contribution is 6.10. The molecule has 184 valence electrons. The van der Waals surface area contributed by atoms with Crippen LogP contribution in [-0.2, 0) is 10.2 Å². The Morgan fingerprint density at radius 2 is 2.05 bits per heavy atom. The Labute approximate surface area is 210 Å². The number of anilines is 3. The molecule has 5 aromatic rings. The monoisotopic (exact) mass is 494 g/mol. The van der Waals surface area contributed by atoms with Crippen LogP contribution in [0.3, 0.4) is 0 Å².